The molecule has 1 saturated heterocycles. The smallest absolute Gasteiger partial charge is 0.341 e. The number of carbonyl (C=O) groups excluding carboxylic acids is 1. The zero-order valence-corrected chi connectivity index (χ0v) is 18.1. The summed E-state index contributed by atoms with van der Waals surface area (Å²) >= 11 is 1.34. The van der Waals surface area contributed by atoms with Crippen molar-refractivity contribution in [2.75, 3.05) is 13.1 Å². The minimum Gasteiger partial charge on any atom is -0.468 e. The Morgan fingerprint density at radius 1 is 1.15 bits per heavy atom. The van der Waals surface area contributed by atoms with Crippen LogP contribution in [0.1, 0.15) is 23.7 Å². The molecule has 1 aromatic carbocycles. The fourth-order valence-electron chi connectivity index (χ4n) is 3.67. The van der Waals surface area contributed by atoms with Gasteiger partial charge < -0.3 is 9.64 Å². The average Bonchev–Trinajstić information content (AvgIpc) is 3.39. The van der Waals surface area contributed by atoms with E-state index in [0.717, 1.165) is 22.8 Å². The summed E-state index contributed by atoms with van der Waals surface area (Å²) in [7, 11) is 0. The van der Waals surface area contributed by atoms with E-state index in [4.69, 9.17) is 4.74 Å². The number of aryl methyl sites for hydroxylation is 1. The number of ether oxygens (including phenoxy) is 1. The van der Waals surface area contributed by atoms with E-state index < -0.39 is 35.6 Å². The van der Waals surface area contributed by atoms with E-state index in [9.17, 15) is 18.0 Å². The van der Waals surface area contributed by atoms with Crippen LogP contribution in [0.5, 0.6) is 5.88 Å². The summed E-state index contributed by atoms with van der Waals surface area (Å²) in [5.41, 5.74) is 2.71. The lowest BCUT2D eigenvalue weighted by Crippen LogP contribution is -2.59. The molecular weight excluding hydrogens is 457 g/mol. The summed E-state index contributed by atoms with van der Waals surface area (Å²) in [5.74, 6) is -2.03. The standard InChI is InChI=1S/C21H17F3N6O2S/c1-11-18(33-10-26-11)19-25-7-16(24)20(28-19)32-15-8-29(9-15)21(31)30-17(2-3-27-30)12-4-13(22)6-14(23)5-12/h3-7,10,15,17H,2,8-9H2,1H3/t17-/m0/s1. The Morgan fingerprint density at radius 2 is 1.91 bits per heavy atom. The number of nitrogens with zero attached hydrogens (tertiary/aromatic N) is 6. The fraction of sp³-hybridized carbons (Fsp3) is 0.286. The number of hydrazone groups is 1. The summed E-state index contributed by atoms with van der Waals surface area (Å²) in [6.45, 7) is 2.18. The molecule has 170 valence electrons. The minimum atomic E-state index is -0.721. The van der Waals surface area contributed by atoms with Gasteiger partial charge in [-0.15, -0.1) is 11.3 Å². The van der Waals surface area contributed by atoms with Gasteiger partial charge in [-0.3, -0.25) is 0 Å². The van der Waals surface area contributed by atoms with Crippen LogP contribution in [0.2, 0.25) is 0 Å². The lowest BCUT2D eigenvalue weighted by atomic mass is 10.0. The highest BCUT2D eigenvalue weighted by Crippen LogP contribution is 2.32. The van der Waals surface area contributed by atoms with Crippen molar-refractivity contribution < 1.29 is 22.7 Å². The number of benzene rings is 1. The number of amides is 2. The first-order valence-corrected chi connectivity index (χ1v) is 10.9. The molecule has 33 heavy (non-hydrogen) atoms. The topological polar surface area (TPSA) is 83.8 Å². The summed E-state index contributed by atoms with van der Waals surface area (Å²) in [4.78, 5) is 27.4. The molecule has 0 N–H and O–H groups in total. The SMILES string of the molecule is Cc1ncsc1-c1ncc(F)c(OC2CN(C(=O)N3N=CC[C@H]3c3cc(F)cc(F)c3)C2)n1. The van der Waals surface area contributed by atoms with E-state index in [2.05, 4.69) is 20.1 Å². The molecule has 5 rings (SSSR count). The van der Waals surface area contributed by atoms with Crippen LogP contribution in [0.3, 0.4) is 0 Å². The Morgan fingerprint density at radius 3 is 2.61 bits per heavy atom. The molecule has 2 aromatic heterocycles. The molecule has 12 heteroatoms. The molecule has 2 amide bonds. The van der Waals surface area contributed by atoms with Crippen molar-refractivity contribution >= 4 is 23.6 Å². The van der Waals surface area contributed by atoms with Gasteiger partial charge in [-0.25, -0.2) is 28.6 Å². The Hall–Kier alpha value is -3.54. The third-order valence-corrected chi connectivity index (χ3v) is 6.28. The van der Waals surface area contributed by atoms with Crippen molar-refractivity contribution in [1.82, 2.24) is 24.9 Å². The van der Waals surface area contributed by atoms with Crippen molar-refractivity contribution in [2.24, 2.45) is 5.10 Å². The van der Waals surface area contributed by atoms with Crippen LogP contribution in [-0.2, 0) is 0 Å². The van der Waals surface area contributed by atoms with Gasteiger partial charge >= 0.3 is 6.03 Å². The number of hydrogen-bond donors (Lipinski definition) is 0. The average molecular weight is 474 g/mol. The third-order valence-electron chi connectivity index (χ3n) is 5.35. The van der Waals surface area contributed by atoms with Crippen LogP contribution in [-0.4, -0.2) is 56.3 Å². The number of urea groups is 1. The molecule has 4 heterocycles. The zero-order valence-electron chi connectivity index (χ0n) is 17.3. The first-order valence-electron chi connectivity index (χ1n) is 10.1. The van der Waals surface area contributed by atoms with Gasteiger partial charge in [0, 0.05) is 18.7 Å². The third kappa shape index (κ3) is 4.13. The Bertz CT molecular complexity index is 1230. The maximum Gasteiger partial charge on any atom is 0.341 e. The van der Waals surface area contributed by atoms with E-state index >= 15 is 0 Å². The van der Waals surface area contributed by atoms with Crippen LogP contribution in [0.4, 0.5) is 18.0 Å². The lowest BCUT2D eigenvalue weighted by molar-refractivity contribution is 0.0230. The molecule has 0 radical (unpaired) electrons. The van der Waals surface area contributed by atoms with Crippen molar-refractivity contribution in [3.05, 3.63) is 58.6 Å². The Kier molecular flexibility index (Phi) is 5.44. The first-order chi connectivity index (χ1) is 15.9. The van der Waals surface area contributed by atoms with Crippen molar-refractivity contribution in [1.29, 1.82) is 0 Å². The maximum absolute atomic E-state index is 14.2. The van der Waals surface area contributed by atoms with Crippen LogP contribution in [0.15, 0.2) is 35.0 Å². The van der Waals surface area contributed by atoms with Crippen LogP contribution in [0.25, 0.3) is 10.7 Å². The van der Waals surface area contributed by atoms with Crippen LogP contribution < -0.4 is 4.74 Å². The van der Waals surface area contributed by atoms with Crippen molar-refractivity contribution in [3.8, 4) is 16.6 Å². The molecule has 1 fully saturated rings. The molecule has 8 nitrogen and oxygen atoms in total. The molecule has 2 aliphatic rings. The van der Waals surface area contributed by atoms with Crippen molar-refractivity contribution in [3.63, 3.8) is 0 Å². The number of rotatable bonds is 4. The second-order valence-corrected chi connectivity index (χ2v) is 8.49. The largest absolute Gasteiger partial charge is 0.468 e. The first kappa shape index (κ1) is 21.3. The van der Waals surface area contributed by atoms with E-state index in [-0.39, 0.29) is 19.0 Å². The predicted molar refractivity (Wildman–Crippen MR) is 113 cm³/mol. The quantitative estimate of drug-likeness (QED) is 0.572. The molecular formula is C21H17F3N6O2S. The number of halogens is 3. The second kappa shape index (κ2) is 8.43. The molecule has 0 saturated carbocycles. The number of likely N-dealkylation sites (tertiary alicyclic amines) is 1. The number of aromatic nitrogens is 3. The summed E-state index contributed by atoms with van der Waals surface area (Å²) in [6.07, 6.45) is 2.44. The van der Waals surface area contributed by atoms with E-state index in [1.807, 2.05) is 0 Å². The van der Waals surface area contributed by atoms with Gasteiger partial charge in [0.15, 0.2) is 5.82 Å². The monoisotopic (exact) mass is 474 g/mol. The van der Waals surface area contributed by atoms with Crippen molar-refractivity contribution in [2.45, 2.75) is 25.5 Å². The Balaban J connectivity index is 1.24. The summed E-state index contributed by atoms with van der Waals surface area (Å²) in [6, 6.07) is 2.11. The molecule has 0 bridgehead atoms. The number of thiazole rings is 1. The molecule has 3 aromatic rings. The van der Waals surface area contributed by atoms with Gasteiger partial charge in [-0.05, 0) is 24.6 Å². The molecule has 0 aliphatic carbocycles. The molecule has 1 atom stereocenters. The van der Waals surface area contributed by atoms with E-state index in [0.29, 0.717) is 17.8 Å². The van der Waals surface area contributed by atoms with Gasteiger partial charge in [0.1, 0.15) is 17.7 Å². The predicted octanol–water partition coefficient (Wildman–Crippen LogP) is 3.94. The minimum absolute atomic E-state index is 0.188. The van der Waals surface area contributed by atoms with Crippen LogP contribution >= 0.6 is 11.3 Å². The highest BCUT2D eigenvalue weighted by Gasteiger charge is 2.39. The highest BCUT2D eigenvalue weighted by atomic mass is 32.1. The highest BCUT2D eigenvalue weighted by molar-refractivity contribution is 7.13. The lowest BCUT2D eigenvalue weighted by Gasteiger charge is -2.40. The van der Waals surface area contributed by atoms with E-state index in [1.54, 1.807) is 12.4 Å². The maximum atomic E-state index is 14.2. The van der Waals surface area contributed by atoms with Gasteiger partial charge in [0.25, 0.3) is 5.88 Å². The van der Waals surface area contributed by atoms with Gasteiger partial charge in [-0.2, -0.15) is 14.5 Å². The number of hydrogen-bond acceptors (Lipinski definition) is 7. The summed E-state index contributed by atoms with van der Waals surface area (Å²) in [5, 5.41) is 5.27. The Labute approximate surface area is 190 Å². The van der Waals surface area contributed by atoms with Gasteiger partial charge in [-0.1, -0.05) is 0 Å². The molecule has 0 unspecified atom stereocenters. The van der Waals surface area contributed by atoms with Crippen LogP contribution in [0, 0.1) is 24.4 Å². The molecule has 0 spiro atoms. The zero-order chi connectivity index (χ0) is 23.1. The van der Waals surface area contributed by atoms with Gasteiger partial charge in [0.2, 0.25) is 5.82 Å². The molecule has 2 aliphatic heterocycles. The number of carbonyl (C=O) groups is 1. The van der Waals surface area contributed by atoms with E-state index in [1.165, 1.54) is 39.6 Å². The summed E-state index contributed by atoms with van der Waals surface area (Å²) < 4.78 is 47.1. The fourth-order valence-corrected chi connectivity index (χ4v) is 4.42. The normalized spacial score (nSPS) is 18.0. The van der Waals surface area contributed by atoms with Gasteiger partial charge in [0.05, 0.1) is 41.4 Å². The second-order valence-electron chi connectivity index (χ2n) is 7.64.